The van der Waals surface area contributed by atoms with Gasteiger partial charge in [0.25, 0.3) is 0 Å². The minimum Gasteiger partial charge on any atom is -0.478 e. The number of hydrogen-bond donors (Lipinski definition) is 2. The summed E-state index contributed by atoms with van der Waals surface area (Å²) in [6.07, 6.45) is 3.27. The third-order valence-electron chi connectivity index (χ3n) is 3.44. The Morgan fingerprint density at radius 2 is 2.10 bits per heavy atom. The van der Waals surface area contributed by atoms with Crippen molar-refractivity contribution in [1.82, 2.24) is 4.98 Å². The summed E-state index contributed by atoms with van der Waals surface area (Å²) >= 11 is 0. The molecule has 0 radical (unpaired) electrons. The lowest BCUT2D eigenvalue weighted by Gasteiger charge is -2.17. The van der Waals surface area contributed by atoms with Gasteiger partial charge in [0.1, 0.15) is 5.82 Å². The van der Waals surface area contributed by atoms with Gasteiger partial charge >= 0.3 is 5.97 Å². The van der Waals surface area contributed by atoms with Crippen LogP contribution in [0.25, 0.3) is 10.9 Å². The molecule has 1 atom stereocenters. The highest BCUT2D eigenvalue weighted by Gasteiger charge is 2.10. The molecule has 106 valence electrons. The highest BCUT2D eigenvalue weighted by molar-refractivity contribution is 6.02. The highest BCUT2D eigenvalue weighted by atomic mass is 16.4. The molecule has 0 aliphatic heterocycles. The largest absolute Gasteiger partial charge is 0.478 e. The van der Waals surface area contributed by atoms with Crippen molar-refractivity contribution in [2.24, 2.45) is 0 Å². The van der Waals surface area contributed by atoms with Gasteiger partial charge in [-0.25, -0.2) is 9.78 Å². The van der Waals surface area contributed by atoms with Crippen LogP contribution in [0.3, 0.4) is 0 Å². The van der Waals surface area contributed by atoms with Crippen molar-refractivity contribution in [1.29, 1.82) is 0 Å². The molecule has 0 aliphatic rings. The van der Waals surface area contributed by atoms with Gasteiger partial charge in [0.2, 0.25) is 0 Å². The minimum absolute atomic E-state index is 0.294. The molecule has 2 aromatic rings. The first-order chi connectivity index (χ1) is 9.65. The van der Waals surface area contributed by atoms with Crippen LogP contribution < -0.4 is 5.32 Å². The Hall–Kier alpha value is -2.10. The van der Waals surface area contributed by atoms with E-state index < -0.39 is 5.97 Å². The molecule has 1 heterocycles. The average molecular weight is 272 g/mol. The number of carboxylic acids is 1. The minimum atomic E-state index is -0.921. The summed E-state index contributed by atoms with van der Waals surface area (Å²) in [5.41, 5.74) is 1.00. The number of fused-ring (bicyclic) bond motifs is 1. The molecule has 2 N–H and O–H groups in total. The number of aromatic nitrogens is 1. The zero-order chi connectivity index (χ0) is 14.5. The summed E-state index contributed by atoms with van der Waals surface area (Å²) < 4.78 is 0. The lowest BCUT2D eigenvalue weighted by molar-refractivity contribution is 0.0699. The van der Waals surface area contributed by atoms with Crippen molar-refractivity contribution < 1.29 is 9.90 Å². The fourth-order valence-electron chi connectivity index (χ4n) is 2.36. The molecule has 1 unspecified atom stereocenters. The van der Waals surface area contributed by atoms with E-state index in [1.807, 2.05) is 18.2 Å². The number of nitrogens with one attached hydrogen (secondary N) is 1. The van der Waals surface area contributed by atoms with Crippen molar-refractivity contribution in [3.05, 3.63) is 35.9 Å². The summed E-state index contributed by atoms with van der Waals surface area (Å²) in [6, 6.07) is 9.26. The Kier molecular flexibility index (Phi) is 4.56. The van der Waals surface area contributed by atoms with Crippen LogP contribution in [-0.4, -0.2) is 22.1 Å². The van der Waals surface area contributed by atoms with Gasteiger partial charge in [-0.3, -0.25) is 0 Å². The Morgan fingerprint density at radius 3 is 2.75 bits per heavy atom. The van der Waals surface area contributed by atoms with Gasteiger partial charge in [0.05, 0.1) is 11.1 Å². The summed E-state index contributed by atoms with van der Waals surface area (Å²) in [6.45, 7) is 4.31. The van der Waals surface area contributed by atoms with Crippen molar-refractivity contribution in [2.75, 3.05) is 5.32 Å². The average Bonchev–Trinajstić information content (AvgIpc) is 2.45. The fraction of sp³-hybridized carbons (Fsp3) is 0.375. The van der Waals surface area contributed by atoms with Crippen molar-refractivity contribution in [2.45, 2.75) is 39.2 Å². The van der Waals surface area contributed by atoms with Gasteiger partial charge < -0.3 is 10.4 Å². The number of carbonyl (C=O) groups is 1. The van der Waals surface area contributed by atoms with E-state index in [4.69, 9.17) is 5.11 Å². The van der Waals surface area contributed by atoms with Crippen LogP contribution in [0.15, 0.2) is 30.3 Å². The maximum atomic E-state index is 11.2. The SMILES string of the molecule is CCCC(CC)Nc1ccc2c(C(=O)O)cccc2n1. The molecule has 20 heavy (non-hydrogen) atoms. The van der Waals surface area contributed by atoms with Gasteiger partial charge in [-0.2, -0.15) is 0 Å². The zero-order valence-corrected chi connectivity index (χ0v) is 11.9. The molecule has 0 amide bonds. The van der Waals surface area contributed by atoms with Gasteiger partial charge in [0, 0.05) is 11.4 Å². The molecule has 0 saturated carbocycles. The second kappa shape index (κ2) is 6.37. The van der Waals surface area contributed by atoms with Crippen LogP contribution in [0.4, 0.5) is 5.82 Å². The van der Waals surface area contributed by atoms with E-state index in [1.165, 1.54) is 0 Å². The lowest BCUT2D eigenvalue weighted by atomic mass is 10.1. The Balaban J connectivity index is 2.32. The summed E-state index contributed by atoms with van der Waals surface area (Å²) in [7, 11) is 0. The molecule has 0 saturated heterocycles. The van der Waals surface area contributed by atoms with Crippen LogP contribution >= 0.6 is 0 Å². The second-order valence-electron chi connectivity index (χ2n) is 4.91. The van der Waals surface area contributed by atoms with E-state index in [0.29, 0.717) is 22.5 Å². The van der Waals surface area contributed by atoms with Crippen LogP contribution in [0, 0.1) is 0 Å². The van der Waals surface area contributed by atoms with Gasteiger partial charge in [-0.15, -0.1) is 0 Å². The Morgan fingerprint density at radius 1 is 1.30 bits per heavy atom. The second-order valence-corrected chi connectivity index (χ2v) is 4.91. The van der Waals surface area contributed by atoms with Crippen molar-refractivity contribution >= 4 is 22.7 Å². The summed E-state index contributed by atoms with van der Waals surface area (Å²) in [5, 5.41) is 13.2. The summed E-state index contributed by atoms with van der Waals surface area (Å²) in [4.78, 5) is 15.7. The lowest BCUT2D eigenvalue weighted by Crippen LogP contribution is -2.18. The van der Waals surface area contributed by atoms with Gasteiger partial charge in [0.15, 0.2) is 0 Å². The van der Waals surface area contributed by atoms with E-state index in [9.17, 15) is 4.79 Å². The van der Waals surface area contributed by atoms with Crippen LogP contribution in [0.5, 0.6) is 0 Å². The first kappa shape index (κ1) is 14.3. The maximum Gasteiger partial charge on any atom is 0.336 e. The van der Waals surface area contributed by atoms with E-state index in [-0.39, 0.29) is 0 Å². The van der Waals surface area contributed by atoms with E-state index in [1.54, 1.807) is 12.1 Å². The van der Waals surface area contributed by atoms with E-state index >= 15 is 0 Å². The van der Waals surface area contributed by atoms with E-state index in [0.717, 1.165) is 25.1 Å². The van der Waals surface area contributed by atoms with Crippen molar-refractivity contribution in [3.8, 4) is 0 Å². The number of anilines is 1. The molecule has 0 fully saturated rings. The smallest absolute Gasteiger partial charge is 0.336 e. The van der Waals surface area contributed by atoms with Gasteiger partial charge in [-0.1, -0.05) is 26.3 Å². The molecule has 2 rings (SSSR count). The molecule has 1 aromatic heterocycles. The van der Waals surface area contributed by atoms with Crippen LogP contribution in [0.1, 0.15) is 43.5 Å². The van der Waals surface area contributed by atoms with E-state index in [2.05, 4.69) is 24.1 Å². The van der Waals surface area contributed by atoms with Gasteiger partial charge in [-0.05, 0) is 37.1 Å². The fourth-order valence-corrected chi connectivity index (χ4v) is 2.36. The molecule has 1 aromatic carbocycles. The number of hydrogen-bond acceptors (Lipinski definition) is 3. The molecular weight excluding hydrogens is 252 g/mol. The third kappa shape index (κ3) is 3.07. The van der Waals surface area contributed by atoms with Crippen LogP contribution in [0.2, 0.25) is 0 Å². The predicted octanol–water partition coefficient (Wildman–Crippen LogP) is 3.92. The number of carboxylic acid groups (broad SMARTS) is 1. The maximum absolute atomic E-state index is 11.2. The molecule has 0 aliphatic carbocycles. The monoisotopic (exact) mass is 272 g/mol. The molecule has 4 heteroatoms. The normalized spacial score (nSPS) is 12.3. The molecular formula is C16H20N2O2. The molecule has 4 nitrogen and oxygen atoms in total. The highest BCUT2D eigenvalue weighted by Crippen LogP contribution is 2.20. The quantitative estimate of drug-likeness (QED) is 0.836. The first-order valence-corrected chi connectivity index (χ1v) is 7.05. The molecule has 0 bridgehead atoms. The third-order valence-corrected chi connectivity index (χ3v) is 3.44. The number of aromatic carboxylic acids is 1. The number of nitrogens with zero attached hydrogens (tertiary/aromatic N) is 1. The van der Waals surface area contributed by atoms with Crippen molar-refractivity contribution in [3.63, 3.8) is 0 Å². The number of rotatable bonds is 6. The first-order valence-electron chi connectivity index (χ1n) is 7.05. The zero-order valence-electron chi connectivity index (χ0n) is 11.9. The Bertz CT molecular complexity index is 610. The predicted molar refractivity (Wildman–Crippen MR) is 81.3 cm³/mol. The Labute approximate surface area is 118 Å². The number of benzene rings is 1. The standard InChI is InChI=1S/C16H20N2O2/c1-3-6-11(4-2)17-15-10-9-12-13(16(19)20)7-5-8-14(12)18-15/h5,7-11H,3-4,6H2,1-2H3,(H,17,18)(H,19,20). The molecule has 0 spiro atoms. The topological polar surface area (TPSA) is 62.2 Å². The summed E-state index contributed by atoms with van der Waals surface area (Å²) in [5.74, 6) is -0.115. The van der Waals surface area contributed by atoms with Crippen LogP contribution in [-0.2, 0) is 0 Å². The number of pyridine rings is 1.